The van der Waals surface area contributed by atoms with Crippen molar-refractivity contribution in [3.8, 4) is 11.5 Å². The van der Waals surface area contributed by atoms with Gasteiger partial charge in [0, 0.05) is 62.5 Å². The molecule has 1 aliphatic heterocycles. The van der Waals surface area contributed by atoms with Gasteiger partial charge in [-0.15, -0.1) is 0 Å². The highest BCUT2D eigenvalue weighted by molar-refractivity contribution is 5.87. The summed E-state index contributed by atoms with van der Waals surface area (Å²) in [5.74, 6) is 0.581. The third-order valence-electron chi connectivity index (χ3n) is 12.7. The number of esters is 1. The van der Waals surface area contributed by atoms with Crippen LogP contribution < -0.4 is 9.47 Å². The Morgan fingerprint density at radius 2 is 1.90 bits per heavy atom. The van der Waals surface area contributed by atoms with Crippen molar-refractivity contribution < 1.29 is 38.7 Å². The summed E-state index contributed by atoms with van der Waals surface area (Å²) in [6, 6.07) is 5.54. The molecule has 6 fully saturated rings. The van der Waals surface area contributed by atoms with E-state index in [1.54, 1.807) is 33.5 Å². The molecule has 5 saturated carbocycles. The van der Waals surface area contributed by atoms with Crippen LogP contribution in [0.2, 0.25) is 0 Å². The summed E-state index contributed by atoms with van der Waals surface area (Å²) in [4.78, 5) is 15.9. The number of aliphatic hydroxyl groups excluding tert-OH is 1. The summed E-state index contributed by atoms with van der Waals surface area (Å²) in [5.41, 5.74) is -1.00. The molecule has 42 heavy (non-hydrogen) atoms. The van der Waals surface area contributed by atoms with Gasteiger partial charge in [0.25, 0.3) is 0 Å². The molecule has 1 heterocycles. The minimum Gasteiger partial charge on any atom is -0.493 e. The molecule has 0 aromatic heterocycles. The van der Waals surface area contributed by atoms with Crippen LogP contribution in [0, 0.1) is 35.0 Å². The molecule has 9 heteroatoms. The van der Waals surface area contributed by atoms with Crippen LogP contribution in [0.4, 0.5) is 0 Å². The zero-order chi connectivity index (χ0) is 29.6. The fourth-order valence-corrected chi connectivity index (χ4v) is 11.4. The molecule has 7 bridgehead atoms. The van der Waals surface area contributed by atoms with Gasteiger partial charge in [-0.25, -0.2) is 4.79 Å². The first-order chi connectivity index (χ1) is 20.2. The van der Waals surface area contributed by atoms with E-state index < -0.39 is 29.2 Å². The third kappa shape index (κ3) is 3.51. The molecule has 0 radical (unpaired) electrons. The lowest BCUT2D eigenvalue weighted by Gasteiger charge is -2.68. The van der Waals surface area contributed by atoms with E-state index in [2.05, 4.69) is 11.8 Å². The number of piperidine rings is 1. The quantitative estimate of drug-likeness (QED) is 0.353. The number of rotatable bonds is 8. The van der Waals surface area contributed by atoms with Crippen molar-refractivity contribution in [2.75, 3.05) is 41.5 Å². The van der Waals surface area contributed by atoms with Crippen molar-refractivity contribution in [1.29, 1.82) is 0 Å². The first-order valence-corrected chi connectivity index (χ1v) is 15.6. The number of hydrogen-bond acceptors (Lipinski definition) is 9. The van der Waals surface area contributed by atoms with Gasteiger partial charge in [0.2, 0.25) is 0 Å². The Bertz CT molecular complexity index is 1270. The molecule has 7 rings (SSSR count). The Morgan fingerprint density at radius 1 is 1.12 bits per heavy atom. The highest BCUT2D eigenvalue weighted by Gasteiger charge is 2.84. The predicted molar refractivity (Wildman–Crippen MR) is 154 cm³/mol. The molecule has 2 N–H and O–H groups in total. The Kier molecular flexibility index (Phi) is 6.76. The largest absolute Gasteiger partial charge is 0.493 e. The number of hydrogen-bond donors (Lipinski definition) is 2. The molecule has 5 aliphatic carbocycles. The second-order valence-corrected chi connectivity index (χ2v) is 13.6. The van der Waals surface area contributed by atoms with Crippen molar-refractivity contribution in [3.05, 3.63) is 29.8 Å². The van der Waals surface area contributed by atoms with Gasteiger partial charge in [0.1, 0.15) is 6.10 Å². The topological polar surface area (TPSA) is 107 Å². The van der Waals surface area contributed by atoms with Gasteiger partial charge >= 0.3 is 5.97 Å². The number of likely N-dealkylation sites (tertiary alicyclic amines) is 1. The lowest BCUT2D eigenvalue weighted by molar-refractivity contribution is -0.285. The summed E-state index contributed by atoms with van der Waals surface area (Å²) in [5, 5.41) is 24.8. The molecule has 12 atom stereocenters. The highest BCUT2D eigenvalue weighted by atomic mass is 16.6. The van der Waals surface area contributed by atoms with E-state index in [0.29, 0.717) is 24.3 Å². The van der Waals surface area contributed by atoms with E-state index in [4.69, 9.17) is 23.7 Å². The summed E-state index contributed by atoms with van der Waals surface area (Å²) >= 11 is 0. The van der Waals surface area contributed by atoms with Crippen LogP contribution in [0.3, 0.4) is 0 Å². The Balaban J connectivity index is 1.24. The first kappa shape index (κ1) is 28.6. The minimum absolute atomic E-state index is 0.00760. The van der Waals surface area contributed by atoms with Gasteiger partial charge in [-0.1, -0.05) is 13.0 Å². The Labute approximate surface area is 248 Å². The smallest absolute Gasteiger partial charge is 0.331 e. The maximum Gasteiger partial charge on any atom is 0.331 e. The monoisotopic (exact) mass is 583 g/mol. The number of carbonyl (C=O) groups excluding carboxylic acids is 1. The third-order valence-corrected chi connectivity index (χ3v) is 12.7. The molecular weight excluding hydrogens is 538 g/mol. The maximum atomic E-state index is 13.4. The van der Waals surface area contributed by atoms with Crippen LogP contribution in [-0.2, 0) is 19.0 Å². The van der Waals surface area contributed by atoms with Gasteiger partial charge < -0.3 is 33.9 Å². The Hall–Kier alpha value is -2.17. The van der Waals surface area contributed by atoms with Crippen LogP contribution in [0.25, 0.3) is 6.08 Å². The standard InChI is InChI=1S/C33H45NO8/c1-6-34-17-31(41-5)12-11-26(35)33-20-14-19-24(40-4)16-32(37,21(30(33)34)15-25(31)33)28(20)29(19)42-27(36)10-8-18-7-9-22(38-2)23(13-18)39-3/h7-10,13,19-21,24-26,28-30,35,37H,6,11-12,14-17H2,1-5H3/b10-8+/t19?,20?,21?,24?,25?,26?,28?,29?,30?,31-,32?,33?/m1/s1. The van der Waals surface area contributed by atoms with Gasteiger partial charge in [-0.05, 0) is 67.8 Å². The molecule has 1 aromatic carbocycles. The van der Waals surface area contributed by atoms with Gasteiger partial charge in [-0.2, -0.15) is 0 Å². The van der Waals surface area contributed by atoms with Crippen molar-refractivity contribution in [1.82, 2.24) is 4.90 Å². The fourth-order valence-electron chi connectivity index (χ4n) is 11.4. The van der Waals surface area contributed by atoms with E-state index >= 15 is 0 Å². The lowest BCUT2D eigenvalue weighted by atomic mass is 9.45. The normalized spacial score (nSPS) is 46.6. The number of aliphatic hydroxyl groups is 2. The average molecular weight is 584 g/mol. The van der Waals surface area contributed by atoms with Crippen molar-refractivity contribution in [3.63, 3.8) is 0 Å². The summed E-state index contributed by atoms with van der Waals surface area (Å²) < 4.78 is 29.5. The number of likely N-dealkylation sites (N-methyl/N-ethyl adjacent to an activating group) is 1. The highest BCUT2D eigenvalue weighted by Crippen LogP contribution is 2.78. The maximum absolute atomic E-state index is 13.4. The van der Waals surface area contributed by atoms with E-state index in [9.17, 15) is 15.0 Å². The van der Waals surface area contributed by atoms with E-state index in [1.807, 2.05) is 19.2 Å². The van der Waals surface area contributed by atoms with Crippen molar-refractivity contribution in [2.24, 2.45) is 35.0 Å². The number of carbonyl (C=O) groups is 1. The van der Waals surface area contributed by atoms with Crippen LogP contribution >= 0.6 is 0 Å². The number of methoxy groups -OCH3 is 4. The lowest BCUT2D eigenvalue weighted by Crippen LogP contribution is -2.77. The van der Waals surface area contributed by atoms with Crippen LogP contribution in [0.1, 0.15) is 44.6 Å². The molecule has 1 aromatic rings. The number of benzene rings is 1. The minimum atomic E-state index is -1.05. The molecule has 9 nitrogen and oxygen atoms in total. The SMILES string of the molecule is CCN1C[C@]2(OC)CCC(O)C34C5CC6C(OC)CC(O)(C(CC32)C14)C5C6OC(=O)/C=C/c1ccc(OC)c(OC)c1. The summed E-state index contributed by atoms with van der Waals surface area (Å²) in [6.07, 6.45) is 5.60. The van der Waals surface area contributed by atoms with Crippen molar-refractivity contribution >= 4 is 12.0 Å². The van der Waals surface area contributed by atoms with Gasteiger partial charge in [0.05, 0.1) is 37.6 Å². The summed E-state index contributed by atoms with van der Waals surface area (Å²) in [6.45, 7) is 3.86. The van der Waals surface area contributed by atoms with Crippen LogP contribution in [0.15, 0.2) is 24.3 Å². The molecule has 6 aliphatic rings. The molecule has 11 unspecified atom stereocenters. The van der Waals surface area contributed by atoms with E-state index in [1.165, 1.54) is 6.08 Å². The average Bonchev–Trinajstić information content (AvgIpc) is 3.45. The van der Waals surface area contributed by atoms with Gasteiger partial charge in [-0.3, -0.25) is 4.90 Å². The molecular formula is C33H45NO8. The molecule has 1 saturated heterocycles. The van der Waals surface area contributed by atoms with Crippen LogP contribution in [-0.4, -0.2) is 98.2 Å². The van der Waals surface area contributed by atoms with E-state index in [-0.39, 0.29) is 47.3 Å². The van der Waals surface area contributed by atoms with Crippen LogP contribution in [0.5, 0.6) is 11.5 Å². The second-order valence-electron chi connectivity index (χ2n) is 13.6. The second kappa shape index (κ2) is 9.92. The van der Waals surface area contributed by atoms with E-state index in [0.717, 1.165) is 37.9 Å². The van der Waals surface area contributed by atoms with Gasteiger partial charge in [0.15, 0.2) is 11.5 Å². The molecule has 0 amide bonds. The summed E-state index contributed by atoms with van der Waals surface area (Å²) in [7, 11) is 6.68. The Morgan fingerprint density at radius 3 is 2.60 bits per heavy atom. The number of fused-ring (bicyclic) bond motifs is 2. The fraction of sp³-hybridized carbons (Fsp3) is 0.727. The molecule has 230 valence electrons. The zero-order valence-electron chi connectivity index (χ0n) is 25.3. The first-order valence-electron chi connectivity index (χ1n) is 15.6. The predicted octanol–water partition coefficient (Wildman–Crippen LogP) is 2.91. The van der Waals surface area contributed by atoms with Crippen molar-refractivity contribution in [2.45, 2.75) is 74.6 Å². The number of nitrogens with zero attached hydrogens (tertiary/aromatic N) is 1. The zero-order valence-corrected chi connectivity index (χ0v) is 25.3. The number of ether oxygens (including phenoxy) is 5. The molecule has 1 spiro atoms.